The van der Waals surface area contributed by atoms with Crippen LogP contribution in [0.15, 0.2) is 36.9 Å². The minimum Gasteiger partial charge on any atom is -0.385 e. The molecule has 0 saturated carbocycles. The van der Waals surface area contributed by atoms with Gasteiger partial charge in [-0.15, -0.1) is 0 Å². The molecule has 1 N–H and O–H groups in total. The summed E-state index contributed by atoms with van der Waals surface area (Å²) in [4.78, 5) is 8.49. The number of methoxy groups -OCH3 is 1. The molecule has 1 unspecified atom stereocenters. The average molecular weight is 260 g/mol. The molecule has 0 amide bonds. The van der Waals surface area contributed by atoms with Crippen LogP contribution in [0.4, 0.5) is 5.95 Å². The van der Waals surface area contributed by atoms with Gasteiger partial charge in [0.2, 0.25) is 5.95 Å². The Hall–Kier alpha value is -1.88. The summed E-state index contributed by atoms with van der Waals surface area (Å²) in [6.45, 7) is 3.76. The van der Waals surface area contributed by atoms with Crippen LogP contribution in [0.5, 0.6) is 0 Å². The second-order valence-corrected chi connectivity index (χ2v) is 4.44. The number of pyridine rings is 1. The Morgan fingerprint density at radius 2 is 2.32 bits per heavy atom. The number of aromatic nitrogens is 3. The molecule has 2 heterocycles. The minimum atomic E-state index is 0.178. The van der Waals surface area contributed by atoms with Gasteiger partial charge in [0.05, 0.1) is 6.04 Å². The van der Waals surface area contributed by atoms with Gasteiger partial charge in [-0.2, -0.15) is 0 Å². The first-order valence-corrected chi connectivity index (χ1v) is 6.48. The van der Waals surface area contributed by atoms with Gasteiger partial charge in [0.1, 0.15) is 0 Å². The van der Waals surface area contributed by atoms with E-state index < -0.39 is 0 Å². The molecule has 0 aromatic carbocycles. The average Bonchev–Trinajstić information content (AvgIpc) is 2.87. The Morgan fingerprint density at radius 3 is 3.05 bits per heavy atom. The first-order valence-electron chi connectivity index (χ1n) is 6.48. The topological polar surface area (TPSA) is 52.0 Å². The summed E-state index contributed by atoms with van der Waals surface area (Å²) in [6, 6.07) is 4.18. The molecule has 2 aromatic rings. The van der Waals surface area contributed by atoms with Crippen molar-refractivity contribution in [2.45, 2.75) is 25.9 Å². The van der Waals surface area contributed by atoms with Crippen LogP contribution in [0.25, 0.3) is 0 Å². The number of hydrogen-bond acceptors (Lipinski definition) is 4. The number of ether oxygens (including phenoxy) is 1. The Balaban J connectivity index is 1.97. The van der Waals surface area contributed by atoms with Gasteiger partial charge < -0.3 is 14.6 Å². The van der Waals surface area contributed by atoms with E-state index in [-0.39, 0.29) is 6.04 Å². The molecule has 0 saturated heterocycles. The number of rotatable bonds is 7. The Kier molecular flexibility index (Phi) is 4.92. The van der Waals surface area contributed by atoms with Crippen molar-refractivity contribution in [3.05, 3.63) is 42.5 Å². The summed E-state index contributed by atoms with van der Waals surface area (Å²) in [7, 11) is 1.72. The molecular formula is C14H20N4O. The highest BCUT2D eigenvalue weighted by molar-refractivity contribution is 5.31. The maximum atomic E-state index is 5.07. The molecule has 0 radical (unpaired) electrons. The van der Waals surface area contributed by atoms with Crippen molar-refractivity contribution >= 4 is 5.95 Å². The van der Waals surface area contributed by atoms with Gasteiger partial charge in [-0.1, -0.05) is 6.07 Å². The molecule has 0 aliphatic carbocycles. The first kappa shape index (κ1) is 13.5. The quantitative estimate of drug-likeness (QED) is 0.777. The van der Waals surface area contributed by atoms with Crippen LogP contribution in [-0.4, -0.2) is 28.3 Å². The van der Waals surface area contributed by atoms with Gasteiger partial charge >= 0.3 is 0 Å². The van der Waals surface area contributed by atoms with Crippen molar-refractivity contribution in [3.63, 3.8) is 0 Å². The van der Waals surface area contributed by atoms with Gasteiger partial charge in [0.15, 0.2) is 0 Å². The fraction of sp³-hybridized carbons (Fsp3) is 0.429. The lowest BCUT2D eigenvalue weighted by atomic mass is 10.1. The molecule has 102 valence electrons. The molecule has 5 heteroatoms. The number of nitrogens with zero attached hydrogens (tertiary/aromatic N) is 3. The zero-order valence-electron chi connectivity index (χ0n) is 11.4. The molecule has 0 bridgehead atoms. The molecule has 0 aliphatic heterocycles. The summed E-state index contributed by atoms with van der Waals surface area (Å²) in [5.41, 5.74) is 1.15. The number of hydrogen-bond donors (Lipinski definition) is 1. The van der Waals surface area contributed by atoms with Crippen LogP contribution >= 0.6 is 0 Å². The molecule has 19 heavy (non-hydrogen) atoms. The van der Waals surface area contributed by atoms with E-state index in [1.165, 1.54) is 0 Å². The monoisotopic (exact) mass is 260 g/mol. The third-order valence-electron chi connectivity index (χ3n) is 2.99. The van der Waals surface area contributed by atoms with E-state index in [1.807, 2.05) is 24.7 Å². The summed E-state index contributed by atoms with van der Waals surface area (Å²) < 4.78 is 7.17. The molecule has 0 aliphatic rings. The fourth-order valence-corrected chi connectivity index (χ4v) is 1.92. The van der Waals surface area contributed by atoms with Gasteiger partial charge in [0.25, 0.3) is 0 Å². The van der Waals surface area contributed by atoms with Crippen LogP contribution in [-0.2, 0) is 11.3 Å². The third kappa shape index (κ3) is 3.79. The molecular weight excluding hydrogens is 240 g/mol. The van der Waals surface area contributed by atoms with Crippen LogP contribution in [0, 0.1) is 0 Å². The Labute approximate surface area is 113 Å². The second-order valence-electron chi connectivity index (χ2n) is 4.44. The van der Waals surface area contributed by atoms with Crippen LogP contribution in [0.2, 0.25) is 0 Å². The number of anilines is 1. The zero-order chi connectivity index (χ0) is 13.5. The normalized spacial score (nSPS) is 12.3. The molecule has 2 rings (SSSR count). The van der Waals surface area contributed by atoms with E-state index in [0.29, 0.717) is 0 Å². The predicted molar refractivity (Wildman–Crippen MR) is 75.0 cm³/mol. The molecule has 0 fully saturated rings. The SMILES string of the molecule is COCCCn1ccnc1NC(C)c1cccnc1. The van der Waals surface area contributed by atoms with E-state index >= 15 is 0 Å². The second kappa shape index (κ2) is 6.89. The Bertz CT molecular complexity index is 483. The van der Waals surface area contributed by atoms with Gasteiger partial charge in [-0.3, -0.25) is 4.98 Å². The first-order chi connectivity index (χ1) is 9.31. The van der Waals surface area contributed by atoms with Crippen molar-refractivity contribution < 1.29 is 4.74 Å². The van der Waals surface area contributed by atoms with Crippen LogP contribution < -0.4 is 5.32 Å². The number of aryl methyl sites for hydroxylation is 1. The van der Waals surface area contributed by atoms with Crippen LogP contribution in [0.1, 0.15) is 24.9 Å². The van der Waals surface area contributed by atoms with E-state index in [4.69, 9.17) is 4.74 Å². The largest absolute Gasteiger partial charge is 0.385 e. The Morgan fingerprint density at radius 1 is 1.42 bits per heavy atom. The van der Waals surface area contributed by atoms with E-state index in [2.05, 4.69) is 32.8 Å². The van der Waals surface area contributed by atoms with Crippen molar-refractivity contribution in [1.82, 2.24) is 14.5 Å². The fourth-order valence-electron chi connectivity index (χ4n) is 1.92. The van der Waals surface area contributed by atoms with E-state index in [9.17, 15) is 0 Å². The van der Waals surface area contributed by atoms with Crippen molar-refractivity contribution in [2.75, 3.05) is 19.0 Å². The summed E-state index contributed by atoms with van der Waals surface area (Å²) in [5, 5.41) is 3.40. The summed E-state index contributed by atoms with van der Waals surface area (Å²) in [6.07, 6.45) is 8.42. The predicted octanol–water partition coefficient (Wildman–Crippen LogP) is 2.49. The molecule has 0 spiro atoms. The molecule has 2 aromatic heterocycles. The smallest absolute Gasteiger partial charge is 0.203 e. The zero-order valence-corrected chi connectivity index (χ0v) is 11.4. The van der Waals surface area contributed by atoms with Gasteiger partial charge in [0, 0.05) is 45.0 Å². The minimum absolute atomic E-state index is 0.178. The van der Waals surface area contributed by atoms with E-state index in [1.54, 1.807) is 13.3 Å². The van der Waals surface area contributed by atoms with Crippen LogP contribution in [0.3, 0.4) is 0 Å². The lowest BCUT2D eigenvalue weighted by molar-refractivity contribution is 0.190. The maximum absolute atomic E-state index is 5.07. The molecule has 1 atom stereocenters. The highest BCUT2D eigenvalue weighted by Crippen LogP contribution is 2.17. The van der Waals surface area contributed by atoms with Gasteiger partial charge in [-0.25, -0.2) is 4.98 Å². The standard InChI is InChI=1S/C14H20N4O/c1-12(13-5-3-6-15-11-13)17-14-16-7-9-18(14)8-4-10-19-2/h3,5-7,9,11-12H,4,8,10H2,1-2H3,(H,16,17). The maximum Gasteiger partial charge on any atom is 0.203 e. The summed E-state index contributed by atoms with van der Waals surface area (Å²) >= 11 is 0. The van der Waals surface area contributed by atoms with Crippen molar-refractivity contribution in [2.24, 2.45) is 0 Å². The van der Waals surface area contributed by atoms with Crippen molar-refractivity contribution in [3.8, 4) is 0 Å². The van der Waals surface area contributed by atoms with Gasteiger partial charge in [-0.05, 0) is 25.0 Å². The number of nitrogens with one attached hydrogen (secondary N) is 1. The third-order valence-corrected chi connectivity index (χ3v) is 2.99. The highest BCUT2D eigenvalue weighted by Gasteiger charge is 2.08. The lowest BCUT2D eigenvalue weighted by Crippen LogP contribution is -2.12. The van der Waals surface area contributed by atoms with Crippen molar-refractivity contribution in [1.29, 1.82) is 0 Å². The highest BCUT2D eigenvalue weighted by atomic mass is 16.5. The lowest BCUT2D eigenvalue weighted by Gasteiger charge is -2.16. The van der Waals surface area contributed by atoms with E-state index in [0.717, 1.165) is 31.1 Å². The summed E-state index contributed by atoms with van der Waals surface area (Å²) in [5.74, 6) is 0.882. The number of imidazole rings is 1. The molecule has 5 nitrogen and oxygen atoms in total.